The Kier molecular flexibility index (Phi) is 895. The summed E-state index contributed by atoms with van der Waals surface area (Å²) in [5.41, 5.74) is 0. The quantitative estimate of drug-likeness (QED) is 0.211. The average molecular weight is 390 g/mol. The van der Waals surface area contributed by atoms with E-state index in [4.69, 9.17) is 21.3 Å². The SMILES string of the molecule is CC(O)O.O.O.O.O.O.[NH-]O.[Rh].[Rh]. The number of hydrogen-bond donors (Lipinski definition) is 3. The van der Waals surface area contributed by atoms with Crippen molar-refractivity contribution in [1.29, 1.82) is 0 Å². The first-order chi connectivity index (χ1) is 2.73. The minimum absolute atomic E-state index is 0. The second-order valence-electron chi connectivity index (χ2n) is 0.632. The third kappa shape index (κ3) is 1940. The zero-order valence-corrected chi connectivity index (χ0v) is 9.86. The molecule has 0 rings (SSSR count). The fraction of sp³-hybridized carbons (Fsp3) is 1.00. The van der Waals surface area contributed by atoms with Gasteiger partial charge in [-0.1, -0.05) is 0 Å². The van der Waals surface area contributed by atoms with Crippen LogP contribution >= 0.6 is 0 Å². The third-order valence-corrected chi connectivity index (χ3v) is 0. The first-order valence-corrected chi connectivity index (χ1v) is 1.32. The van der Waals surface area contributed by atoms with Crippen molar-refractivity contribution in [2.75, 3.05) is 0 Å². The first kappa shape index (κ1) is 96.6. The summed E-state index contributed by atoms with van der Waals surface area (Å²) in [6.07, 6.45) is -1.17. The molecule has 0 aromatic heterocycles. The molecule has 13 heavy (non-hydrogen) atoms. The second kappa shape index (κ2) is 121. The Morgan fingerprint density at radius 3 is 0.769 bits per heavy atom. The summed E-state index contributed by atoms with van der Waals surface area (Å²) in [4.78, 5) is 0. The molecule has 0 aromatic carbocycles. The monoisotopic (exact) mass is 390 g/mol. The van der Waals surface area contributed by atoms with Crippen LogP contribution in [0.25, 0.3) is 5.90 Å². The van der Waals surface area contributed by atoms with Gasteiger partial charge in [-0.2, -0.15) is 0 Å². The van der Waals surface area contributed by atoms with Crippen molar-refractivity contribution < 1.29 is 81.8 Å². The van der Waals surface area contributed by atoms with E-state index in [2.05, 4.69) is 0 Å². The Hall–Kier alpha value is 0.887. The molecule has 0 saturated carbocycles. The summed E-state index contributed by atoms with van der Waals surface area (Å²) in [6.45, 7) is 1.28. The van der Waals surface area contributed by atoms with E-state index < -0.39 is 6.29 Å². The van der Waals surface area contributed by atoms with E-state index >= 15 is 0 Å². The van der Waals surface area contributed by atoms with Gasteiger partial charge in [-0.3, -0.25) is 0 Å². The van der Waals surface area contributed by atoms with Crippen LogP contribution in [-0.2, 0) is 39.0 Å². The van der Waals surface area contributed by atoms with E-state index in [1.54, 1.807) is 0 Å². The van der Waals surface area contributed by atoms with Crippen LogP contribution in [0.2, 0.25) is 0 Å². The Bertz CT molecular complexity index is 24.9. The molecule has 0 spiro atoms. The summed E-state index contributed by atoms with van der Waals surface area (Å²) in [6, 6.07) is 0. The van der Waals surface area contributed by atoms with Crippen LogP contribution in [0.1, 0.15) is 6.92 Å². The van der Waals surface area contributed by atoms with Crippen molar-refractivity contribution in [3.63, 3.8) is 0 Å². The number of nitrogens with one attached hydrogen (secondary N) is 1. The van der Waals surface area contributed by atoms with Crippen LogP contribution in [-0.4, -0.2) is 49.1 Å². The van der Waals surface area contributed by atoms with Gasteiger partial charge in [0.15, 0.2) is 0 Å². The predicted molar refractivity (Wildman–Crippen MR) is 38.1 cm³/mol. The molecule has 0 aliphatic carbocycles. The Labute approximate surface area is 101 Å². The van der Waals surface area contributed by atoms with Gasteiger partial charge in [0, 0.05) is 39.0 Å². The molecule has 2 radical (unpaired) electrons. The molecule has 0 saturated heterocycles. The van der Waals surface area contributed by atoms with Crippen molar-refractivity contribution in [2.45, 2.75) is 13.2 Å². The van der Waals surface area contributed by atoms with Gasteiger partial charge in [0.2, 0.25) is 0 Å². The molecule has 0 aliphatic heterocycles. The molecule has 11 heteroatoms. The van der Waals surface area contributed by atoms with E-state index in [-0.39, 0.29) is 66.3 Å². The zero-order valence-electron chi connectivity index (χ0n) is 6.59. The Morgan fingerprint density at radius 2 is 0.769 bits per heavy atom. The van der Waals surface area contributed by atoms with Crippen LogP contribution in [0.15, 0.2) is 0 Å². The normalized spacial score (nSPS) is 3.23. The molecular formula is C2H18NO8Rh2-. The summed E-state index contributed by atoms with van der Waals surface area (Å²) in [5.74, 6) is 4.75. The number of hydrogen-bond acceptors (Lipinski definition) is 3. The maximum absolute atomic E-state index is 7.61. The Morgan fingerprint density at radius 1 is 0.769 bits per heavy atom. The van der Waals surface area contributed by atoms with Gasteiger partial charge >= 0.3 is 0 Å². The third-order valence-electron chi connectivity index (χ3n) is 0. The van der Waals surface area contributed by atoms with Crippen LogP contribution in [0.5, 0.6) is 0 Å². The predicted octanol–water partition coefficient (Wildman–Crippen LogP) is -4.38. The Balaban J connectivity index is -0.00000000242. The average Bonchev–Trinajstić information content (AvgIpc) is 1.41. The van der Waals surface area contributed by atoms with Crippen LogP contribution in [0, 0.1) is 0 Å². The molecule has 0 fully saturated rings. The van der Waals surface area contributed by atoms with Crippen molar-refractivity contribution >= 4 is 0 Å². The number of aliphatic hydroxyl groups excluding tert-OH is 1. The van der Waals surface area contributed by atoms with E-state index in [1.165, 1.54) is 6.92 Å². The molecular weight excluding hydrogens is 372 g/mol. The van der Waals surface area contributed by atoms with Gasteiger partial charge in [0.05, 0.1) is 0 Å². The van der Waals surface area contributed by atoms with Crippen molar-refractivity contribution in [2.24, 2.45) is 0 Å². The largest absolute Gasteiger partial charge is 0.553 e. The minimum atomic E-state index is -1.17. The van der Waals surface area contributed by atoms with Gasteiger partial charge in [-0.05, 0) is 6.92 Å². The smallest absolute Gasteiger partial charge is 0.148 e. The maximum Gasteiger partial charge on any atom is 0.148 e. The fourth-order valence-electron chi connectivity index (χ4n) is 0. The van der Waals surface area contributed by atoms with Crippen molar-refractivity contribution in [3.8, 4) is 0 Å². The van der Waals surface area contributed by atoms with E-state index in [0.29, 0.717) is 0 Å². The molecule has 0 heterocycles. The second-order valence-corrected chi connectivity index (χ2v) is 0.632. The fourth-order valence-corrected chi connectivity index (χ4v) is 0. The molecule has 98 valence electrons. The molecule has 9 nitrogen and oxygen atoms in total. The molecule has 0 aromatic rings. The van der Waals surface area contributed by atoms with Crippen LogP contribution in [0.4, 0.5) is 0 Å². The summed E-state index contributed by atoms with van der Waals surface area (Å²) < 4.78 is 0. The molecule has 0 unspecified atom stereocenters. The van der Waals surface area contributed by atoms with Gasteiger partial charge in [-0.25, -0.2) is 0 Å². The number of rotatable bonds is 0. The van der Waals surface area contributed by atoms with Crippen LogP contribution < -0.4 is 0 Å². The molecule has 0 aliphatic rings. The summed E-state index contributed by atoms with van der Waals surface area (Å²) in [7, 11) is 0. The number of aliphatic hydroxyl groups is 2. The summed E-state index contributed by atoms with van der Waals surface area (Å²) >= 11 is 0. The molecule has 0 amide bonds. The summed E-state index contributed by atoms with van der Waals surface area (Å²) in [5, 5.41) is 21.5. The van der Waals surface area contributed by atoms with Crippen molar-refractivity contribution in [1.82, 2.24) is 0 Å². The zero-order chi connectivity index (χ0) is 5.58. The first-order valence-electron chi connectivity index (χ1n) is 1.32. The molecule has 14 N–H and O–H groups in total. The van der Waals surface area contributed by atoms with E-state index in [0.717, 1.165) is 0 Å². The molecule has 0 bridgehead atoms. The van der Waals surface area contributed by atoms with Gasteiger partial charge < -0.3 is 48.7 Å². The van der Waals surface area contributed by atoms with Gasteiger partial charge in [0.25, 0.3) is 0 Å². The van der Waals surface area contributed by atoms with Crippen molar-refractivity contribution in [3.05, 3.63) is 5.90 Å². The van der Waals surface area contributed by atoms with Gasteiger partial charge in [-0.15, -0.1) is 0 Å². The van der Waals surface area contributed by atoms with E-state index in [1.807, 2.05) is 0 Å². The standard InChI is InChI=1S/C2H6O2.H2NO.5H2O.2Rh/c1-2(3)4;1-2;;;;;;;/h2-4H,1H3;1-2H;5*1H2;;/q;-1;;;;;;;. The van der Waals surface area contributed by atoms with Crippen LogP contribution in [0.3, 0.4) is 0 Å². The molecule has 0 atom stereocenters. The topological polar surface area (TPSA) is 242 Å². The minimum Gasteiger partial charge on any atom is -0.553 e. The van der Waals surface area contributed by atoms with E-state index in [9.17, 15) is 0 Å². The van der Waals surface area contributed by atoms with Gasteiger partial charge in [0.1, 0.15) is 6.29 Å². The maximum atomic E-state index is 7.61.